The first-order valence-corrected chi connectivity index (χ1v) is 3.94. The van der Waals surface area contributed by atoms with Crippen LogP contribution in [0.5, 0.6) is 0 Å². The Hall–Kier alpha value is -0.820. The molecule has 1 fully saturated rings. The predicted molar refractivity (Wildman–Crippen MR) is 39.0 cm³/mol. The van der Waals surface area contributed by atoms with E-state index in [4.69, 9.17) is 10.2 Å². The number of rotatable bonds is 1. The maximum absolute atomic E-state index is 12.1. The van der Waals surface area contributed by atoms with Crippen LogP contribution in [0.3, 0.4) is 0 Å². The lowest BCUT2D eigenvalue weighted by Gasteiger charge is -2.28. The van der Waals surface area contributed by atoms with Crippen molar-refractivity contribution in [1.29, 1.82) is 0 Å². The van der Waals surface area contributed by atoms with Gasteiger partial charge in [0, 0.05) is 13.6 Å². The molecule has 4 nitrogen and oxygen atoms in total. The fourth-order valence-corrected chi connectivity index (χ4v) is 1.39. The molecule has 0 aromatic rings. The van der Waals surface area contributed by atoms with E-state index in [1.165, 1.54) is 7.05 Å². The Morgan fingerprint density at radius 1 is 1.43 bits per heavy atom. The Balaban J connectivity index is 2.89. The van der Waals surface area contributed by atoms with Crippen LogP contribution < -0.4 is 0 Å². The van der Waals surface area contributed by atoms with Crippen molar-refractivity contribution >= 4 is 5.91 Å². The molecule has 1 aliphatic rings. The van der Waals surface area contributed by atoms with Crippen LogP contribution in [-0.2, 0) is 4.79 Å². The van der Waals surface area contributed by atoms with E-state index in [1.54, 1.807) is 0 Å². The molecule has 14 heavy (non-hydrogen) atoms. The van der Waals surface area contributed by atoms with Gasteiger partial charge in [0.15, 0.2) is 0 Å². The maximum atomic E-state index is 12.1. The fourth-order valence-electron chi connectivity index (χ4n) is 1.39. The second kappa shape index (κ2) is 3.09. The van der Waals surface area contributed by atoms with E-state index in [2.05, 4.69) is 0 Å². The van der Waals surface area contributed by atoms with E-state index in [-0.39, 0.29) is 13.0 Å². The molecule has 2 N–H and O–H groups in total. The highest BCUT2D eigenvalue weighted by Gasteiger charge is 2.61. The highest BCUT2D eigenvalue weighted by Crippen LogP contribution is 2.38. The van der Waals surface area contributed by atoms with Crippen LogP contribution in [-0.4, -0.2) is 46.6 Å². The van der Waals surface area contributed by atoms with Crippen LogP contribution in [0.25, 0.3) is 0 Å². The molecular formula is C7H10F3NO3. The zero-order chi connectivity index (χ0) is 11.1. The average molecular weight is 213 g/mol. The van der Waals surface area contributed by atoms with Gasteiger partial charge in [0.05, 0.1) is 0 Å². The summed E-state index contributed by atoms with van der Waals surface area (Å²) >= 11 is 0. The third kappa shape index (κ3) is 1.57. The summed E-state index contributed by atoms with van der Waals surface area (Å²) in [5.74, 6) is -6.63. The Labute approximate surface area is 77.9 Å². The van der Waals surface area contributed by atoms with E-state index in [9.17, 15) is 18.0 Å². The van der Waals surface area contributed by atoms with E-state index < -0.39 is 23.8 Å². The maximum Gasteiger partial charge on any atom is 0.443 e. The third-order valence-electron chi connectivity index (χ3n) is 2.33. The number of aliphatic hydroxyl groups is 2. The molecule has 1 amide bonds. The van der Waals surface area contributed by atoms with E-state index >= 15 is 0 Å². The third-order valence-corrected chi connectivity index (χ3v) is 2.33. The standard InChI is InChI=1S/C7H10F3NO3/c1-11-3-2-4(5(11)12)6(13,14)7(8,9)10/h4,13-14H,2-3H2,1H3. The number of likely N-dealkylation sites (tertiary alicyclic amines) is 1. The van der Waals surface area contributed by atoms with Crippen LogP contribution in [0.1, 0.15) is 6.42 Å². The van der Waals surface area contributed by atoms with Crippen LogP contribution in [0.4, 0.5) is 13.2 Å². The predicted octanol–water partition coefficient (Wildman–Crippen LogP) is -0.292. The first-order chi connectivity index (χ1) is 6.18. The lowest BCUT2D eigenvalue weighted by molar-refractivity contribution is -0.363. The van der Waals surface area contributed by atoms with Crippen molar-refractivity contribution in [3.8, 4) is 0 Å². The molecule has 1 unspecified atom stereocenters. The molecule has 1 rings (SSSR count). The molecule has 0 bridgehead atoms. The van der Waals surface area contributed by atoms with Gasteiger partial charge in [-0.2, -0.15) is 13.2 Å². The second-order valence-electron chi connectivity index (χ2n) is 3.32. The van der Waals surface area contributed by atoms with E-state index in [1.807, 2.05) is 0 Å². The molecule has 1 aliphatic heterocycles. The van der Waals surface area contributed by atoms with Crippen LogP contribution >= 0.6 is 0 Å². The molecule has 82 valence electrons. The molecule has 0 spiro atoms. The molecule has 0 saturated carbocycles. The normalized spacial score (nSPS) is 24.6. The zero-order valence-corrected chi connectivity index (χ0v) is 7.38. The topological polar surface area (TPSA) is 60.8 Å². The highest BCUT2D eigenvalue weighted by atomic mass is 19.4. The van der Waals surface area contributed by atoms with Crippen LogP contribution in [0.15, 0.2) is 0 Å². The Bertz CT molecular complexity index is 251. The largest absolute Gasteiger partial charge is 0.443 e. The van der Waals surface area contributed by atoms with Crippen LogP contribution in [0, 0.1) is 5.92 Å². The fraction of sp³-hybridized carbons (Fsp3) is 0.857. The molecule has 1 heterocycles. The number of hydrogen-bond donors (Lipinski definition) is 2. The Morgan fingerprint density at radius 2 is 1.93 bits per heavy atom. The van der Waals surface area contributed by atoms with Gasteiger partial charge >= 0.3 is 6.18 Å². The second-order valence-corrected chi connectivity index (χ2v) is 3.32. The molecule has 0 aliphatic carbocycles. The summed E-state index contributed by atoms with van der Waals surface area (Å²) in [4.78, 5) is 12.1. The lowest BCUT2D eigenvalue weighted by Crippen LogP contribution is -2.53. The van der Waals surface area contributed by atoms with Gasteiger partial charge in [-0.1, -0.05) is 0 Å². The molecular weight excluding hydrogens is 203 g/mol. The number of hydrogen-bond acceptors (Lipinski definition) is 3. The van der Waals surface area contributed by atoms with Crippen molar-refractivity contribution in [2.75, 3.05) is 13.6 Å². The van der Waals surface area contributed by atoms with Crippen molar-refractivity contribution in [1.82, 2.24) is 4.90 Å². The minimum atomic E-state index is -5.21. The van der Waals surface area contributed by atoms with Gasteiger partial charge in [-0.05, 0) is 6.42 Å². The lowest BCUT2D eigenvalue weighted by atomic mass is 9.96. The summed E-state index contributed by atoms with van der Waals surface area (Å²) in [6.07, 6.45) is -5.42. The van der Waals surface area contributed by atoms with Gasteiger partial charge in [-0.3, -0.25) is 4.79 Å². The summed E-state index contributed by atoms with van der Waals surface area (Å²) in [6, 6.07) is 0. The van der Waals surface area contributed by atoms with Gasteiger partial charge in [-0.15, -0.1) is 0 Å². The SMILES string of the molecule is CN1CCC(C(O)(O)C(F)(F)F)C1=O. The molecule has 7 heteroatoms. The Morgan fingerprint density at radius 3 is 2.21 bits per heavy atom. The summed E-state index contributed by atoms with van der Waals surface area (Å²) in [7, 11) is 1.31. The van der Waals surface area contributed by atoms with Gasteiger partial charge in [0.1, 0.15) is 5.92 Å². The van der Waals surface area contributed by atoms with E-state index in [0.717, 1.165) is 4.90 Å². The molecule has 0 radical (unpaired) electrons. The number of alkyl halides is 3. The van der Waals surface area contributed by atoms with Crippen molar-refractivity contribution < 1.29 is 28.2 Å². The summed E-state index contributed by atoms with van der Waals surface area (Å²) in [6.45, 7) is 0.0997. The number of nitrogens with zero attached hydrogens (tertiary/aromatic N) is 1. The van der Waals surface area contributed by atoms with Gasteiger partial charge in [0.25, 0.3) is 5.79 Å². The number of amides is 1. The summed E-state index contributed by atoms with van der Waals surface area (Å²) < 4.78 is 36.3. The summed E-state index contributed by atoms with van der Waals surface area (Å²) in [5.41, 5.74) is 0. The monoisotopic (exact) mass is 213 g/mol. The average Bonchev–Trinajstić information content (AvgIpc) is 2.30. The van der Waals surface area contributed by atoms with Crippen LogP contribution in [0.2, 0.25) is 0 Å². The summed E-state index contributed by atoms with van der Waals surface area (Å²) in [5, 5.41) is 17.6. The number of halogens is 3. The van der Waals surface area contributed by atoms with Crippen molar-refractivity contribution in [2.24, 2.45) is 5.92 Å². The molecule has 1 saturated heterocycles. The first-order valence-electron chi connectivity index (χ1n) is 3.94. The highest BCUT2D eigenvalue weighted by molar-refractivity contribution is 5.81. The molecule has 0 aromatic carbocycles. The number of carbonyl (C=O) groups is 1. The van der Waals surface area contributed by atoms with Crippen molar-refractivity contribution in [2.45, 2.75) is 18.4 Å². The molecule has 1 atom stereocenters. The number of carbonyl (C=O) groups excluding carboxylic acids is 1. The van der Waals surface area contributed by atoms with Gasteiger partial charge in [-0.25, -0.2) is 0 Å². The van der Waals surface area contributed by atoms with Crippen molar-refractivity contribution in [3.05, 3.63) is 0 Å². The van der Waals surface area contributed by atoms with Crippen molar-refractivity contribution in [3.63, 3.8) is 0 Å². The van der Waals surface area contributed by atoms with Gasteiger partial charge < -0.3 is 15.1 Å². The smallest absolute Gasteiger partial charge is 0.358 e. The van der Waals surface area contributed by atoms with E-state index in [0.29, 0.717) is 0 Å². The Kier molecular flexibility index (Phi) is 2.49. The minimum absolute atomic E-state index is 0.0997. The zero-order valence-electron chi connectivity index (χ0n) is 7.38. The van der Waals surface area contributed by atoms with Gasteiger partial charge in [0.2, 0.25) is 5.91 Å². The minimum Gasteiger partial charge on any atom is -0.358 e. The quantitative estimate of drug-likeness (QED) is 0.588. The first kappa shape index (κ1) is 11.3. The molecule has 0 aromatic heterocycles.